The van der Waals surface area contributed by atoms with Crippen LogP contribution in [0.4, 0.5) is 5.13 Å². The molecule has 0 aliphatic rings. The molecular weight excluding hydrogens is 370 g/mol. The Bertz CT molecular complexity index is 1110. The van der Waals surface area contributed by atoms with Crippen LogP contribution in [0.3, 0.4) is 0 Å². The summed E-state index contributed by atoms with van der Waals surface area (Å²) in [5.74, 6) is 0.641. The second kappa shape index (κ2) is 7.78. The maximum absolute atomic E-state index is 13.3. The first-order chi connectivity index (χ1) is 13.6. The summed E-state index contributed by atoms with van der Waals surface area (Å²) in [5, 5.41) is 0.638. The fraction of sp³-hybridized carbons (Fsp3) is 0.136. The molecule has 6 heteroatoms. The summed E-state index contributed by atoms with van der Waals surface area (Å²) in [4.78, 5) is 24.1. The molecule has 0 unspecified atom stereocenters. The van der Waals surface area contributed by atoms with E-state index in [1.54, 1.807) is 18.2 Å². The first-order valence-electron chi connectivity index (χ1n) is 8.87. The van der Waals surface area contributed by atoms with Crippen LogP contribution in [0, 0.1) is 6.92 Å². The van der Waals surface area contributed by atoms with Crippen LogP contribution in [0.2, 0.25) is 0 Å². The van der Waals surface area contributed by atoms with Crippen LogP contribution < -0.4 is 9.64 Å². The van der Waals surface area contributed by atoms with Crippen molar-refractivity contribution in [2.45, 2.75) is 13.5 Å². The van der Waals surface area contributed by atoms with Crippen molar-refractivity contribution < 1.29 is 9.53 Å². The lowest BCUT2D eigenvalue weighted by Gasteiger charge is -2.19. The Morgan fingerprint density at radius 3 is 2.64 bits per heavy atom. The number of nitrogens with zero attached hydrogens (tertiary/aromatic N) is 3. The molecular formula is C22H19N3O2S. The van der Waals surface area contributed by atoms with E-state index >= 15 is 0 Å². The minimum Gasteiger partial charge on any atom is -0.497 e. The van der Waals surface area contributed by atoms with Gasteiger partial charge in [-0.3, -0.25) is 14.7 Å². The van der Waals surface area contributed by atoms with Gasteiger partial charge in [0.05, 0.1) is 29.6 Å². The maximum Gasteiger partial charge on any atom is 0.260 e. The fourth-order valence-corrected chi connectivity index (χ4v) is 3.81. The minimum absolute atomic E-state index is 0.100. The number of thiazole rings is 1. The Labute approximate surface area is 167 Å². The van der Waals surface area contributed by atoms with Crippen LogP contribution in [-0.4, -0.2) is 23.0 Å². The van der Waals surface area contributed by atoms with Crippen LogP contribution in [0.25, 0.3) is 10.2 Å². The number of aromatic nitrogens is 2. The van der Waals surface area contributed by atoms with Gasteiger partial charge in [0.15, 0.2) is 5.13 Å². The third-order valence-corrected chi connectivity index (χ3v) is 5.46. The molecule has 2 aromatic heterocycles. The molecule has 0 radical (unpaired) electrons. The minimum atomic E-state index is -0.100. The van der Waals surface area contributed by atoms with E-state index in [0.717, 1.165) is 27.2 Å². The highest BCUT2D eigenvalue weighted by Crippen LogP contribution is 2.32. The van der Waals surface area contributed by atoms with Gasteiger partial charge < -0.3 is 4.74 Å². The molecule has 4 aromatic rings. The summed E-state index contributed by atoms with van der Waals surface area (Å²) in [6.07, 6.45) is 1.73. The highest BCUT2D eigenvalue weighted by atomic mass is 32.1. The van der Waals surface area contributed by atoms with Gasteiger partial charge in [-0.2, -0.15) is 0 Å². The fourth-order valence-electron chi connectivity index (χ4n) is 2.87. The number of methoxy groups -OCH3 is 1. The van der Waals surface area contributed by atoms with Gasteiger partial charge in [0.25, 0.3) is 5.91 Å². The number of amides is 1. The van der Waals surface area contributed by atoms with Crippen molar-refractivity contribution in [3.63, 3.8) is 0 Å². The van der Waals surface area contributed by atoms with Gasteiger partial charge in [0.2, 0.25) is 0 Å². The van der Waals surface area contributed by atoms with Gasteiger partial charge in [-0.15, -0.1) is 0 Å². The second-order valence-corrected chi connectivity index (χ2v) is 7.42. The largest absolute Gasteiger partial charge is 0.497 e. The summed E-state index contributed by atoms with van der Waals surface area (Å²) in [5.41, 5.74) is 3.35. The SMILES string of the molecule is COc1ccc2sc(N(Cc3ccccn3)C(=O)c3ccc(C)cc3)nc2c1. The first-order valence-corrected chi connectivity index (χ1v) is 9.69. The maximum atomic E-state index is 13.3. The van der Waals surface area contributed by atoms with Gasteiger partial charge in [-0.25, -0.2) is 4.98 Å². The van der Waals surface area contributed by atoms with Crippen LogP contribution in [0.15, 0.2) is 66.9 Å². The van der Waals surface area contributed by atoms with Crippen molar-refractivity contribution in [1.82, 2.24) is 9.97 Å². The highest BCUT2D eigenvalue weighted by Gasteiger charge is 2.22. The molecule has 28 heavy (non-hydrogen) atoms. The standard InChI is InChI=1S/C22H19N3O2S/c1-15-6-8-16(9-7-15)21(26)25(14-17-5-3-4-12-23-17)22-24-19-13-18(27-2)10-11-20(19)28-22/h3-13H,14H2,1-2H3. The predicted molar refractivity (Wildman–Crippen MR) is 112 cm³/mol. The summed E-state index contributed by atoms with van der Waals surface area (Å²) in [6.45, 7) is 2.35. The molecule has 0 aliphatic heterocycles. The molecule has 0 aliphatic carbocycles. The third-order valence-electron chi connectivity index (χ3n) is 4.40. The van der Waals surface area contributed by atoms with E-state index in [-0.39, 0.29) is 5.91 Å². The molecule has 2 heterocycles. The Hall–Kier alpha value is -3.25. The van der Waals surface area contributed by atoms with E-state index in [2.05, 4.69) is 4.98 Å². The van der Waals surface area contributed by atoms with Crippen LogP contribution in [0.1, 0.15) is 21.6 Å². The number of hydrogen-bond donors (Lipinski definition) is 0. The molecule has 140 valence electrons. The lowest BCUT2D eigenvalue weighted by atomic mass is 10.1. The van der Waals surface area contributed by atoms with Gasteiger partial charge in [-0.1, -0.05) is 35.1 Å². The molecule has 1 amide bonds. The van der Waals surface area contributed by atoms with Crippen molar-refractivity contribution in [2.75, 3.05) is 12.0 Å². The molecule has 5 nitrogen and oxygen atoms in total. The molecule has 4 rings (SSSR count). The lowest BCUT2D eigenvalue weighted by molar-refractivity contribution is 0.0985. The second-order valence-electron chi connectivity index (χ2n) is 6.41. The zero-order valence-corrected chi connectivity index (χ0v) is 16.4. The van der Waals surface area contributed by atoms with Gasteiger partial charge in [0, 0.05) is 17.8 Å². The Kier molecular flexibility index (Phi) is 5.04. The third kappa shape index (κ3) is 3.73. The number of pyridine rings is 1. The topological polar surface area (TPSA) is 55.3 Å². The van der Waals surface area contributed by atoms with Gasteiger partial charge in [0.1, 0.15) is 5.75 Å². The van der Waals surface area contributed by atoms with Crippen molar-refractivity contribution in [3.8, 4) is 5.75 Å². The number of carbonyl (C=O) groups excluding carboxylic acids is 1. The summed E-state index contributed by atoms with van der Waals surface area (Å²) >= 11 is 1.48. The Morgan fingerprint density at radius 1 is 1.11 bits per heavy atom. The molecule has 0 fully saturated rings. The average molecular weight is 389 g/mol. The number of hydrogen-bond acceptors (Lipinski definition) is 5. The smallest absolute Gasteiger partial charge is 0.260 e. The molecule has 0 atom stereocenters. The van der Waals surface area contributed by atoms with Gasteiger partial charge >= 0.3 is 0 Å². The molecule has 0 saturated heterocycles. The van der Waals surface area contributed by atoms with Gasteiger partial charge in [-0.05, 0) is 43.3 Å². The number of anilines is 1. The molecule has 0 N–H and O–H groups in total. The number of fused-ring (bicyclic) bond motifs is 1. The summed E-state index contributed by atoms with van der Waals surface area (Å²) in [6, 6.07) is 19.0. The summed E-state index contributed by atoms with van der Waals surface area (Å²) < 4.78 is 6.29. The number of benzene rings is 2. The van der Waals surface area contributed by atoms with Crippen molar-refractivity contribution in [2.24, 2.45) is 0 Å². The average Bonchev–Trinajstić information content (AvgIpc) is 3.15. The molecule has 0 spiro atoms. The van der Waals surface area contributed by atoms with E-state index in [9.17, 15) is 4.79 Å². The number of aryl methyl sites for hydroxylation is 1. The number of rotatable bonds is 5. The monoisotopic (exact) mass is 389 g/mol. The highest BCUT2D eigenvalue weighted by molar-refractivity contribution is 7.22. The van der Waals surface area contributed by atoms with Crippen molar-refractivity contribution >= 4 is 32.6 Å². The molecule has 0 bridgehead atoms. The van der Waals surface area contributed by atoms with E-state index in [1.807, 2.05) is 67.6 Å². The van der Waals surface area contributed by atoms with Crippen molar-refractivity contribution in [1.29, 1.82) is 0 Å². The van der Waals surface area contributed by atoms with E-state index < -0.39 is 0 Å². The predicted octanol–water partition coefficient (Wildman–Crippen LogP) is 4.86. The quantitative estimate of drug-likeness (QED) is 0.489. The Morgan fingerprint density at radius 2 is 1.93 bits per heavy atom. The van der Waals surface area contributed by atoms with Crippen LogP contribution in [-0.2, 0) is 6.54 Å². The van der Waals surface area contributed by atoms with Crippen molar-refractivity contribution in [3.05, 3.63) is 83.7 Å². The normalized spacial score (nSPS) is 10.8. The molecule has 0 saturated carbocycles. The van der Waals surface area contributed by atoms with E-state index in [4.69, 9.17) is 9.72 Å². The number of carbonyl (C=O) groups is 1. The zero-order valence-electron chi connectivity index (χ0n) is 15.6. The summed E-state index contributed by atoms with van der Waals surface area (Å²) in [7, 11) is 1.63. The lowest BCUT2D eigenvalue weighted by Crippen LogP contribution is -2.30. The van der Waals surface area contributed by atoms with E-state index in [0.29, 0.717) is 17.2 Å². The zero-order chi connectivity index (χ0) is 19.5. The molecule has 2 aromatic carbocycles. The van der Waals surface area contributed by atoms with Crippen LogP contribution >= 0.6 is 11.3 Å². The number of ether oxygens (including phenoxy) is 1. The Balaban J connectivity index is 1.75. The first kappa shape index (κ1) is 18.1. The van der Waals surface area contributed by atoms with E-state index in [1.165, 1.54) is 11.3 Å². The van der Waals surface area contributed by atoms with Crippen LogP contribution in [0.5, 0.6) is 5.75 Å².